The van der Waals surface area contributed by atoms with Crippen molar-refractivity contribution in [3.8, 4) is 0 Å². The van der Waals surface area contributed by atoms with Crippen molar-refractivity contribution in [3.05, 3.63) is 47.5 Å². The van der Waals surface area contributed by atoms with Crippen molar-refractivity contribution in [1.29, 1.82) is 0 Å². The maximum Gasteiger partial charge on any atom is 0.0639 e. The predicted molar refractivity (Wildman–Crippen MR) is 71.9 cm³/mol. The van der Waals surface area contributed by atoms with Crippen LogP contribution in [0.2, 0.25) is 0 Å². The molecule has 0 heterocycles. The smallest absolute Gasteiger partial charge is 0.0639 e. The van der Waals surface area contributed by atoms with Crippen LogP contribution in [0.25, 0.3) is 0 Å². The van der Waals surface area contributed by atoms with Crippen molar-refractivity contribution in [1.82, 2.24) is 0 Å². The summed E-state index contributed by atoms with van der Waals surface area (Å²) >= 11 is 0. The van der Waals surface area contributed by atoms with Gasteiger partial charge in [0.1, 0.15) is 0 Å². The zero-order valence-corrected chi connectivity index (χ0v) is 10.5. The summed E-state index contributed by atoms with van der Waals surface area (Å²) in [6.45, 7) is 7.19. The summed E-state index contributed by atoms with van der Waals surface area (Å²) in [6, 6.07) is 10.4. The van der Waals surface area contributed by atoms with Crippen LogP contribution >= 0.6 is 0 Å². The van der Waals surface area contributed by atoms with Crippen LogP contribution in [0, 0.1) is 0 Å². The molecule has 0 aliphatic heterocycles. The topological polar surface area (TPSA) is 12.4 Å². The summed E-state index contributed by atoms with van der Waals surface area (Å²) in [6.07, 6.45) is 4.44. The van der Waals surface area contributed by atoms with E-state index in [-0.39, 0.29) is 0 Å². The van der Waals surface area contributed by atoms with Gasteiger partial charge < -0.3 is 0 Å². The largest absolute Gasteiger partial charge is 0.290 e. The summed E-state index contributed by atoms with van der Waals surface area (Å²) in [5.41, 5.74) is 3.90. The molecule has 0 aliphatic carbocycles. The average Bonchev–Trinajstić information content (AvgIpc) is 2.27. The van der Waals surface area contributed by atoms with Gasteiger partial charge in [0, 0.05) is 5.71 Å². The molecule has 1 nitrogen and oxygen atoms in total. The van der Waals surface area contributed by atoms with Gasteiger partial charge in [-0.1, -0.05) is 42.0 Å². The van der Waals surface area contributed by atoms with Crippen LogP contribution in [0.15, 0.2) is 47.0 Å². The van der Waals surface area contributed by atoms with Gasteiger partial charge in [-0.2, -0.15) is 0 Å². The summed E-state index contributed by atoms with van der Waals surface area (Å²) in [4.78, 5) is 4.58. The van der Waals surface area contributed by atoms with E-state index in [1.165, 1.54) is 16.8 Å². The lowest BCUT2D eigenvalue weighted by molar-refractivity contribution is 1.01. The molecule has 1 heteroatoms. The van der Waals surface area contributed by atoms with Crippen LogP contribution in [0.4, 0.5) is 0 Å². The van der Waals surface area contributed by atoms with Crippen LogP contribution in [-0.4, -0.2) is 5.71 Å². The number of hydrogen-bond acceptors (Lipinski definition) is 1. The number of benzene rings is 1. The summed E-state index contributed by atoms with van der Waals surface area (Å²) < 4.78 is 0. The average molecular weight is 215 g/mol. The molecule has 0 amide bonds. The van der Waals surface area contributed by atoms with Gasteiger partial charge in [-0.15, -0.1) is 0 Å². The van der Waals surface area contributed by atoms with Crippen LogP contribution in [0.5, 0.6) is 0 Å². The lowest BCUT2D eigenvalue weighted by Gasteiger charge is -1.99. The highest BCUT2D eigenvalue weighted by molar-refractivity contribution is 5.81. The van der Waals surface area contributed by atoms with Gasteiger partial charge in [0.2, 0.25) is 0 Å². The third kappa shape index (κ3) is 5.50. The van der Waals surface area contributed by atoms with Gasteiger partial charge >= 0.3 is 0 Å². The molecule has 16 heavy (non-hydrogen) atoms. The second-order valence-electron chi connectivity index (χ2n) is 4.36. The Kier molecular flexibility index (Phi) is 5.55. The second-order valence-corrected chi connectivity index (χ2v) is 4.36. The fourth-order valence-corrected chi connectivity index (χ4v) is 1.46. The molecule has 0 aromatic heterocycles. The first-order valence-electron chi connectivity index (χ1n) is 5.85. The van der Waals surface area contributed by atoms with E-state index in [2.05, 4.69) is 56.1 Å². The molecule has 0 saturated heterocycles. The second kappa shape index (κ2) is 7.00. The molecular formula is C15H21N. The first kappa shape index (κ1) is 12.7. The van der Waals surface area contributed by atoms with Gasteiger partial charge in [-0.25, -0.2) is 0 Å². The standard InChI is InChI=1S/C15H21N/c1-13(2)8-7-9-14(3)16-12-15-10-5-4-6-11-15/h4-6,8,10-11H,7,9,12H2,1-3H3. The highest BCUT2D eigenvalue weighted by atomic mass is 14.7. The van der Waals surface area contributed by atoms with Crippen LogP contribution in [0.3, 0.4) is 0 Å². The summed E-state index contributed by atoms with van der Waals surface area (Å²) in [5, 5.41) is 0. The number of hydrogen-bond donors (Lipinski definition) is 0. The van der Waals surface area contributed by atoms with Crippen molar-refractivity contribution >= 4 is 5.71 Å². The van der Waals surface area contributed by atoms with Gasteiger partial charge in [-0.05, 0) is 39.2 Å². The zero-order valence-electron chi connectivity index (χ0n) is 10.5. The summed E-state index contributed by atoms with van der Waals surface area (Å²) in [5.74, 6) is 0. The fourth-order valence-electron chi connectivity index (χ4n) is 1.46. The first-order valence-corrected chi connectivity index (χ1v) is 5.85. The van der Waals surface area contributed by atoms with E-state index in [1.54, 1.807) is 0 Å². The Bertz CT molecular complexity index is 356. The molecule has 0 saturated carbocycles. The molecule has 1 aromatic rings. The minimum atomic E-state index is 0.807. The number of aliphatic imine (C=N–C) groups is 1. The van der Waals surface area contributed by atoms with Crippen molar-refractivity contribution in [3.63, 3.8) is 0 Å². The third-order valence-electron chi connectivity index (χ3n) is 2.43. The van der Waals surface area contributed by atoms with Gasteiger partial charge in [0.25, 0.3) is 0 Å². The molecule has 0 N–H and O–H groups in total. The minimum Gasteiger partial charge on any atom is -0.290 e. The van der Waals surface area contributed by atoms with Crippen molar-refractivity contribution < 1.29 is 0 Å². The quantitative estimate of drug-likeness (QED) is 0.510. The molecule has 1 aromatic carbocycles. The molecule has 86 valence electrons. The Morgan fingerprint density at radius 1 is 1.12 bits per heavy atom. The molecule has 0 atom stereocenters. The Labute approximate surface area is 98.9 Å². The van der Waals surface area contributed by atoms with E-state index in [9.17, 15) is 0 Å². The van der Waals surface area contributed by atoms with Crippen LogP contribution in [-0.2, 0) is 6.54 Å². The van der Waals surface area contributed by atoms with Crippen molar-refractivity contribution in [2.45, 2.75) is 40.2 Å². The Morgan fingerprint density at radius 2 is 1.81 bits per heavy atom. The minimum absolute atomic E-state index is 0.807. The number of nitrogens with zero attached hydrogens (tertiary/aromatic N) is 1. The molecule has 1 rings (SSSR count). The van der Waals surface area contributed by atoms with Gasteiger partial charge in [-0.3, -0.25) is 4.99 Å². The molecule has 0 fully saturated rings. The molecular weight excluding hydrogens is 194 g/mol. The van der Waals surface area contributed by atoms with Gasteiger partial charge in [0.15, 0.2) is 0 Å². The molecule has 0 spiro atoms. The first-order chi connectivity index (χ1) is 7.68. The molecule has 0 aliphatic rings. The lowest BCUT2D eigenvalue weighted by atomic mass is 10.2. The normalized spacial score (nSPS) is 11.3. The van der Waals surface area contributed by atoms with Crippen molar-refractivity contribution in [2.24, 2.45) is 4.99 Å². The van der Waals surface area contributed by atoms with E-state index in [1.807, 2.05) is 6.07 Å². The maximum atomic E-state index is 4.58. The Morgan fingerprint density at radius 3 is 2.44 bits per heavy atom. The summed E-state index contributed by atoms with van der Waals surface area (Å²) in [7, 11) is 0. The van der Waals surface area contributed by atoms with Gasteiger partial charge in [0.05, 0.1) is 6.54 Å². The number of allylic oxidation sites excluding steroid dienone is 2. The fraction of sp³-hybridized carbons (Fsp3) is 0.400. The lowest BCUT2D eigenvalue weighted by Crippen LogP contribution is -1.92. The SMILES string of the molecule is CC(C)=CCCC(C)=NCc1ccccc1. The third-order valence-corrected chi connectivity index (χ3v) is 2.43. The van der Waals surface area contributed by atoms with Crippen molar-refractivity contribution in [2.75, 3.05) is 0 Å². The number of rotatable bonds is 5. The Balaban J connectivity index is 2.37. The van der Waals surface area contributed by atoms with Crippen LogP contribution < -0.4 is 0 Å². The molecule has 0 bridgehead atoms. The predicted octanol–water partition coefficient (Wildman–Crippen LogP) is 4.39. The van der Waals surface area contributed by atoms with E-state index >= 15 is 0 Å². The zero-order chi connectivity index (χ0) is 11.8. The molecule has 0 radical (unpaired) electrons. The maximum absolute atomic E-state index is 4.58. The highest BCUT2D eigenvalue weighted by Crippen LogP contribution is 2.03. The van der Waals surface area contributed by atoms with E-state index < -0.39 is 0 Å². The Hall–Kier alpha value is -1.37. The van der Waals surface area contributed by atoms with E-state index in [0.717, 1.165) is 19.4 Å². The van der Waals surface area contributed by atoms with E-state index in [4.69, 9.17) is 0 Å². The van der Waals surface area contributed by atoms with Crippen LogP contribution in [0.1, 0.15) is 39.2 Å². The molecule has 0 unspecified atom stereocenters. The highest BCUT2D eigenvalue weighted by Gasteiger charge is 1.92. The monoisotopic (exact) mass is 215 g/mol. The van der Waals surface area contributed by atoms with E-state index in [0.29, 0.717) is 0 Å².